The molecule has 6 heteroatoms. The van der Waals surface area contributed by atoms with Gasteiger partial charge in [0.05, 0.1) is 18.5 Å². The standard InChI is InChI=1S/C12H14N2O4/c1-18-8-2-3-10-9(6-8)13-11(15)4-5-14(10)7-12(16)17/h2-3,6H,4-5,7H2,1H3,(H,13,15)(H,16,17). The summed E-state index contributed by atoms with van der Waals surface area (Å²) >= 11 is 0. The Bertz CT molecular complexity index is 487. The summed E-state index contributed by atoms with van der Waals surface area (Å²) in [6, 6.07) is 5.18. The molecule has 6 nitrogen and oxygen atoms in total. The number of nitrogens with one attached hydrogen (secondary N) is 1. The molecule has 1 aliphatic heterocycles. The number of hydrogen-bond donors (Lipinski definition) is 2. The van der Waals surface area contributed by atoms with Crippen molar-refractivity contribution in [3.8, 4) is 5.75 Å². The fourth-order valence-corrected chi connectivity index (χ4v) is 1.92. The zero-order valence-corrected chi connectivity index (χ0v) is 9.97. The van der Waals surface area contributed by atoms with Gasteiger partial charge in [-0.25, -0.2) is 0 Å². The average molecular weight is 250 g/mol. The number of anilines is 2. The summed E-state index contributed by atoms with van der Waals surface area (Å²) in [4.78, 5) is 24.0. The molecule has 0 radical (unpaired) electrons. The van der Waals surface area contributed by atoms with E-state index in [2.05, 4.69) is 5.32 Å². The van der Waals surface area contributed by atoms with Gasteiger partial charge in [0, 0.05) is 19.0 Å². The molecule has 0 fully saturated rings. The van der Waals surface area contributed by atoms with E-state index in [4.69, 9.17) is 9.84 Å². The summed E-state index contributed by atoms with van der Waals surface area (Å²) in [5.41, 5.74) is 1.28. The van der Waals surface area contributed by atoms with Crippen LogP contribution in [0.2, 0.25) is 0 Å². The fraction of sp³-hybridized carbons (Fsp3) is 0.333. The molecule has 96 valence electrons. The number of carboxylic acids is 1. The predicted octanol–water partition coefficient (Wildman–Crippen LogP) is 0.928. The Kier molecular flexibility index (Phi) is 3.36. The van der Waals surface area contributed by atoms with Gasteiger partial charge in [-0.1, -0.05) is 0 Å². The maximum atomic E-state index is 11.6. The molecule has 1 aliphatic rings. The van der Waals surface area contributed by atoms with Crippen molar-refractivity contribution in [2.75, 3.05) is 30.4 Å². The van der Waals surface area contributed by atoms with Gasteiger partial charge in [-0.3, -0.25) is 9.59 Å². The van der Waals surface area contributed by atoms with Crippen LogP contribution in [0.15, 0.2) is 18.2 Å². The van der Waals surface area contributed by atoms with E-state index in [0.29, 0.717) is 23.7 Å². The summed E-state index contributed by atoms with van der Waals surface area (Å²) in [5.74, 6) is -0.435. The normalized spacial score (nSPS) is 14.5. The highest BCUT2D eigenvalue weighted by Crippen LogP contribution is 2.32. The van der Waals surface area contributed by atoms with Gasteiger partial charge in [0.2, 0.25) is 5.91 Å². The van der Waals surface area contributed by atoms with Gasteiger partial charge in [-0.15, -0.1) is 0 Å². The smallest absolute Gasteiger partial charge is 0.323 e. The Labute approximate surface area is 104 Å². The maximum Gasteiger partial charge on any atom is 0.323 e. The molecule has 2 rings (SSSR count). The van der Waals surface area contributed by atoms with Gasteiger partial charge in [0.15, 0.2) is 0 Å². The molecule has 1 aromatic carbocycles. The van der Waals surface area contributed by atoms with Crippen LogP contribution in [-0.2, 0) is 9.59 Å². The molecule has 1 amide bonds. The van der Waals surface area contributed by atoms with Crippen molar-refractivity contribution in [1.82, 2.24) is 0 Å². The first-order valence-electron chi connectivity index (χ1n) is 5.55. The molecule has 0 spiro atoms. The van der Waals surface area contributed by atoms with Crippen LogP contribution < -0.4 is 15.0 Å². The van der Waals surface area contributed by atoms with E-state index in [0.717, 1.165) is 0 Å². The van der Waals surface area contributed by atoms with Gasteiger partial charge in [0.1, 0.15) is 12.3 Å². The van der Waals surface area contributed by atoms with Gasteiger partial charge in [0.25, 0.3) is 0 Å². The van der Waals surface area contributed by atoms with Gasteiger partial charge in [-0.05, 0) is 12.1 Å². The summed E-state index contributed by atoms with van der Waals surface area (Å²) in [6.07, 6.45) is 0.268. The number of carbonyl (C=O) groups excluding carboxylic acids is 1. The second-order valence-corrected chi connectivity index (χ2v) is 4.00. The number of aliphatic carboxylic acids is 1. The number of methoxy groups -OCH3 is 1. The molecule has 0 saturated carbocycles. The molecule has 0 saturated heterocycles. The largest absolute Gasteiger partial charge is 0.497 e. The predicted molar refractivity (Wildman–Crippen MR) is 66.1 cm³/mol. The Morgan fingerprint density at radius 1 is 1.56 bits per heavy atom. The van der Waals surface area contributed by atoms with E-state index in [1.165, 1.54) is 7.11 Å². The lowest BCUT2D eigenvalue weighted by atomic mass is 10.2. The molecule has 0 bridgehead atoms. The first kappa shape index (κ1) is 12.2. The minimum Gasteiger partial charge on any atom is -0.497 e. The molecule has 0 unspecified atom stereocenters. The number of carbonyl (C=O) groups is 2. The van der Waals surface area contributed by atoms with E-state index in [1.807, 2.05) is 0 Å². The number of benzene rings is 1. The van der Waals surface area contributed by atoms with Crippen LogP contribution in [0.1, 0.15) is 6.42 Å². The molecule has 2 N–H and O–H groups in total. The zero-order valence-electron chi connectivity index (χ0n) is 9.97. The molecular weight excluding hydrogens is 236 g/mol. The molecule has 0 atom stereocenters. The third-order valence-corrected chi connectivity index (χ3v) is 2.75. The number of amides is 1. The van der Waals surface area contributed by atoms with Crippen molar-refractivity contribution in [3.63, 3.8) is 0 Å². The number of rotatable bonds is 3. The van der Waals surface area contributed by atoms with Crippen LogP contribution >= 0.6 is 0 Å². The van der Waals surface area contributed by atoms with E-state index >= 15 is 0 Å². The van der Waals surface area contributed by atoms with Crippen LogP contribution in [0.4, 0.5) is 11.4 Å². The summed E-state index contributed by atoms with van der Waals surface area (Å²) in [6.45, 7) is 0.256. The molecule has 18 heavy (non-hydrogen) atoms. The van der Waals surface area contributed by atoms with Crippen LogP contribution in [0.5, 0.6) is 5.75 Å². The van der Waals surface area contributed by atoms with Crippen LogP contribution in [0, 0.1) is 0 Å². The number of nitrogens with zero attached hydrogens (tertiary/aromatic N) is 1. The number of fused-ring (bicyclic) bond motifs is 1. The molecule has 1 aromatic rings. The lowest BCUT2D eigenvalue weighted by Gasteiger charge is -2.22. The highest BCUT2D eigenvalue weighted by molar-refractivity contribution is 5.97. The summed E-state index contributed by atoms with van der Waals surface area (Å²) in [5, 5.41) is 11.6. The average Bonchev–Trinajstić information content (AvgIpc) is 2.48. The molecular formula is C12H14N2O4. The van der Waals surface area contributed by atoms with E-state index < -0.39 is 5.97 Å². The highest BCUT2D eigenvalue weighted by Gasteiger charge is 2.21. The van der Waals surface area contributed by atoms with Crippen LogP contribution in [0.25, 0.3) is 0 Å². The quantitative estimate of drug-likeness (QED) is 0.834. The molecule has 0 aliphatic carbocycles. The monoisotopic (exact) mass is 250 g/mol. The fourth-order valence-electron chi connectivity index (χ4n) is 1.92. The first-order valence-corrected chi connectivity index (χ1v) is 5.55. The lowest BCUT2D eigenvalue weighted by molar-refractivity contribution is -0.135. The van der Waals surface area contributed by atoms with Crippen LogP contribution in [-0.4, -0.2) is 37.2 Å². The van der Waals surface area contributed by atoms with Crippen molar-refractivity contribution in [3.05, 3.63) is 18.2 Å². The Morgan fingerprint density at radius 3 is 3.00 bits per heavy atom. The summed E-state index contributed by atoms with van der Waals surface area (Å²) in [7, 11) is 1.54. The summed E-state index contributed by atoms with van der Waals surface area (Å²) < 4.78 is 5.09. The maximum absolute atomic E-state index is 11.6. The minimum absolute atomic E-state index is 0.127. The van der Waals surface area contributed by atoms with Gasteiger partial charge in [-0.2, -0.15) is 0 Å². The Balaban J connectivity index is 2.38. The van der Waals surface area contributed by atoms with Crippen molar-refractivity contribution < 1.29 is 19.4 Å². The Morgan fingerprint density at radius 2 is 2.33 bits per heavy atom. The molecule has 0 aromatic heterocycles. The Hall–Kier alpha value is -2.24. The van der Waals surface area contributed by atoms with Crippen molar-refractivity contribution >= 4 is 23.3 Å². The van der Waals surface area contributed by atoms with E-state index in [9.17, 15) is 9.59 Å². The first-order chi connectivity index (χ1) is 8.60. The van der Waals surface area contributed by atoms with Gasteiger partial charge >= 0.3 is 5.97 Å². The van der Waals surface area contributed by atoms with E-state index in [1.54, 1.807) is 23.1 Å². The topological polar surface area (TPSA) is 78.9 Å². The lowest BCUT2D eigenvalue weighted by Crippen LogP contribution is -2.30. The van der Waals surface area contributed by atoms with Crippen molar-refractivity contribution in [2.45, 2.75) is 6.42 Å². The van der Waals surface area contributed by atoms with Crippen molar-refractivity contribution in [1.29, 1.82) is 0 Å². The highest BCUT2D eigenvalue weighted by atomic mass is 16.5. The second kappa shape index (κ2) is 4.95. The molecule has 1 heterocycles. The number of hydrogen-bond acceptors (Lipinski definition) is 4. The van der Waals surface area contributed by atoms with Crippen LogP contribution in [0.3, 0.4) is 0 Å². The SMILES string of the molecule is COc1ccc2c(c1)NC(=O)CCN2CC(=O)O. The zero-order chi connectivity index (χ0) is 13.1. The second-order valence-electron chi connectivity index (χ2n) is 4.00. The van der Waals surface area contributed by atoms with Crippen molar-refractivity contribution in [2.24, 2.45) is 0 Å². The van der Waals surface area contributed by atoms with Gasteiger partial charge < -0.3 is 20.1 Å². The third-order valence-electron chi connectivity index (χ3n) is 2.75. The minimum atomic E-state index is -0.925. The number of carboxylic acid groups (broad SMARTS) is 1. The number of ether oxygens (including phenoxy) is 1. The van der Waals surface area contributed by atoms with E-state index in [-0.39, 0.29) is 18.9 Å². The third kappa shape index (κ3) is 2.53.